The van der Waals surface area contributed by atoms with E-state index < -0.39 is 12.1 Å². The topological polar surface area (TPSA) is 95.9 Å². The third-order valence-corrected chi connectivity index (χ3v) is 15.7. The van der Waals surface area contributed by atoms with Crippen molar-refractivity contribution in [2.75, 3.05) is 13.2 Å². The molecule has 0 aromatic rings. The van der Waals surface area contributed by atoms with Crippen molar-refractivity contribution in [2.45, 2.75) is 386 Å². The van der Waals surface area contributed by atoms with Crippen LogP contribution in [-0.4, -0.2) is 47.4 Å². The van der Waals surface area contributed by atoms with Gasteiger partial charge in [-0.3, -0.25) is 9.59 Å². The first-order valence-corrected chi connectivity index (χ1v) is 33.6. The Morgan fingerprint density at radius 1 is 0.365 bits per heavy atom. The van der Waals surface area contributed by atoms with E-state index in [2.05, 4.69) is 31.3 Å². The first-order chi connectivity index (χ1) is 36.5. The number of nitrogens with one attached hydrogen (secondary N) is 1. The molecule has 2 unspecified atom stereocenters. The number of carbonyl (C=O) groups excluding carboxylic acids is 2. The van der Waals surface area contributed by atoms with Crippen molar-refractivity contribution in [3.05, 3.63) is 24.3 Å². The van der Waals surface area contributed by atoms with Crippen LogP contribution in [0.3, 0.4) is 0 Å². The predicted octanol–water partition coefficient (Wildman–Crippen LogP) is 21.4. The molecular formula is C68H131NO5. The zero-order chi connectivity index (χ0) is 53.6. The van der Waals surface area contributed by atoms with Crippen molar-refractivity contribution in [3.63, 3.8) is 0 Å². The van der Waals surface area contributed by atoms with Crippen LogP contribution in [-0.2, 0) is 14.3 Å². The molecular weight excluding hydrogens is 911 g/mol. The van der Waals surface area contributed by atoms with Crippen molar-refractivity contribution in [3.8, 4) is 0 Å². The molecule has 0 saturated carbocycles. The van der Waals surface area contributed by atoms with E-state index >= 15 is 0 Å². The van der Waals surface area contributed by atoms with Gasteiger partial charge in [-0.25, -0.2) is 0 Å². The van der Waals surface area contributed by atoms with E-state index in [0.717, 1.165) is 38.5 Å². The number of aliphatic hydroxyl groups excluding tert-OH is 2. The van der Waals surface area contributed by atoms with Crippen LogP contribution < -0.4 is 5.32 Å². The molecule has 0 aliphatic heterocycles. The van der Waals surface area contributed by atoms with Crippen LogP contribution in [0.25, 0.3) is 0 Å². The van der Waals surface area contributed by atoms with E-state index in [0.29, 0.717) is 19.4 Å². The Morgan fingerprint density at radius 2 is 0.635 bits per heavy atom. The van der Waals surface area contributed by atoms with Crippen molar-refractivity contribution in [1.82, 2.24) is 5.32 Å². The number of hydrogen-bond donors (Lipinski definition) is 3. The van der Waals surface area contributed by atoms with Crippen LogP contribution in [0.15, 0.2) is 24.3 Å². The average molecular weight is 1040 g/mol. The number of amides is 1. The largest absolute Gasteiger partial charge is 0.466 e. The highest BCUT2D eigenvalue weighted by Crippen LogP contribution is 2.18. The van der Waals surface area contributed by atoms with Crippen LogP contribution in [0.2, 0.25) is 0 Å². The van der Waals surface area contributed by atoms with Gasteiger partial charge in [-0.05, 0) is 57.8 Å². The maximum atomic E-state index is 12.4. The van der Waals surface area contributed by atoms with Gasteiger partial charge in [0.15, 0.2) is 0 Å². The molecule has 0 spiro atoms. The molecule has 0 heterocycles. The van der Waals surface area contributed by atoms with Gasteiger partial charge in [-0.15, -0.1) is 0 Å². The Morgan fingerprint density at radius 3 is 0.959 bits per heavy atom. The predicted molar refractivity (Wildman–Crippen MR) is 324 cm³/mol. The molecule has 0 radical (unpaired) electrons. The van der Waals surface area contributed by atoms with E-state index in [1.54, 1.807) is 6.08 Å². The molecule has 0 aromatic heterocycles. The monoisotopic (exact) mass is 1040 g/mol. The second-order valence-corrected chi connectivity index (χ2v) is 23.2. The number of carbonyl (C=O) groups is 2. The van der Waals surface area contributed by atoms with E-state index in [4.69, 9.17) is 4.74 Å². The minimum atomic E-state index is -0.840. The Hall–Kier alpha value is -1.66. The van der Waals surface area contributed by atoms with Gasteiger partial charge in [0.05, 0.1) is 25.4 Å². The first-order valence-electron chi connectivity index (χ1n) is 33.6. The normalized spacial score (nSPS) is 12.6. The molecule has 0 rings (SSSR count). The molecule has 0 saturated heterocycles. The fourth-order valence-electron chi connectivity index (χ4n) is 10.6. The molecule has 74 heavy (non-hydrogen) atoms. The lowest BCUT2D eigenvalue weighted by Gasteiger charge is -2.20. The summed E-state index contributed by atoms with van der Waals surface area (Å²) in [5.74, 6) is -0.0444. The Balaban J connectivity index is 3.33. The minimum Gasteiger partial charge on any atom is -0.466 e. The van der Waals surface area contributed by atoms with Crippen molar-refractivity contribution >= 4 is 11.9 Å². The van der Waals surface area contributed by atoms with Gasteiger partial charge in [-0.1, -0.05) is 327 Å². The van der Waals surface area contributed by atoms with E-state index in [1.807, 2.05) is 6.08 Å². The third-order valence-electron chi connectivity index (χ3n) is 15.7. The molecule has 438 valence electrons. The van der Waals surface area contributed by atoms with Gasteiger partial charge < -0.3 is 20.3 Å². The number of unbranched alkanes of at least 4 members (excludes halogenated alkanes) is 50. The number of esters is 1. The number of rotatable bonds is 63. The fourth-order valence-corrected chi connectivity index (χ4v) is 10.6. The van der Waals surface area contributed by atoms with Gasteiger partial charge in [0.1, 0.15) is 0 Å². The third kappa shape index (κ3) is 59.6. The highest BCUT2D eigenvalue weighted by atomic mass is 16.5. The van der Waals surface area contributed by atoms with E-state index in [9.17, 15) is 19.8 Å². The molecule has 0 aliphatic rings. The molecule has 0 fully saturated rings. The fraction of sp³-hybridized carbons (Fsp3) is 0.912. The zero-order valence-corrected chi connectivity index (χ0v) is 50.1. The van der Waals surface area contributed by atoms with Crippen LogP contribution in [0, 0.1) is 0 Å². The summed E-state index contributed by atoms with van der Waals surface area (Å²) >= 11 is 0. The second-order valence-electron chi connectivity index (χ2n) is 23.2. The summed E-state index contributed by atoms with van der Waals surface area (Å²) < 4.78 is 5.49. The first kappa shape index (κ1) is 72.3. The maximum absolute atomic E-state index is 12.4. The van der Waals surface area contributed by atoms with Crippen LogP contribution >= 0.6 is 0 Å². The molecule has 0 aliphatic carbocycles. The summed E-state index contributed by atoms with van der Waals surface area (Å²) in [6.45, 7) is 4.92. The second kappa shape index (κ2) is 63.9. The Kier molecular flexibility index (Phi) is 62.4. The summed E-state index contributed by atoms with van der Waals surface area (Å²) in [5, 5.41) is 23.0. The molecule has 3 N–H and O–H groups in total. The van der Waals surface area contributed by atoms with Crippen molar-refractivity contribution in [1.29, 1.82) is 0 Å². The summed E-state index contributed by atoms with van der Waals surface area (Å²) in [6, 6.07) is -0.623. The Labute approximate surface area is 462 Å². The molecule has 0 bridgehead atoms. The van der Waals surface area contributed by atoms with Crippen LogP contribution in [0.1, 0.15) is 373 Å². The van der Waals surface area contributed by atoms with Crippen LogP contribution in [0.5, 0.6) is 0 Å². The Bertz CT molecular complexity index is 1150. The van der Waals surface area contributed by atoms with Crippen LogP contribution in [0.4, 0.5) is 0 Å². The minimum absolute atomic E-state index is 0.0203. The van der Waals surface area contributed by atoms with Gasteiger partial charge >= 0.3 is 5.97 Å². The van der Waals surface area contributed by atoms with Gasteiger partial charge in [-0.2, -0.15) is 0 Å². The van der Waals surface area contributed by atoms with Gasteiger partial charge in [0.2, 0.25) is 5.91 Å². The number of hydrogen-bond acceptors (Lipinski definition) is 5. The SMILES string of the molecule is CCCCCCCCCCC/C=C/C(O)C(CO)NC(=O)CCCCCCCCCCCCCCCCCCC/C=C\CCCCCCCCCCCCCCOC(=O)CCCCCCCCCCCCCCC. The summed E-state index contributed by atoms with van der Waals surface area (Å²) in [5.41, 5.74) is 0. The molecule has 6 heteroatoms. The summed E-state index contributed by atoms with van der Waals surface area (Å²) in [4.78, 5) is 24.5. The highest BCUT2D eigenvalue weighted by molar-refractivity contribution is 5.76. The standard InChI is InChI=1S/C68H131NO5/c1-3-5-7-9-11-13-15-37-42-46-50-54-58-62-68(73)74-63-59-55-51-47-43-39-36-34-32-30-28-26-24-22-20-18-16-17-19-21-23-25-27-29-31-33-35-38-41-45-49-53-57-61-67(72)69-65(64-70)66(71)60-56-52-48-44-40-14-12-10-8-6-4-2/h20,22,56,60,65-66,70-71H,3-19,21,23-55,57-59,61-64H2,1-2H3,(H,69,72)/b22-20-,60-56+. The van der Waals surface area contributed by atoms with Crippen molar-refractivity contribution < 1.29 is 24.5 Å². The van der Waals surface area contributed by atoms with Gasteiger partial charge in [0.25, 0.3) is 0 Å². The zero-order valence-electron chi connectivity index (χ0n) is 50.1. The smallest absolute Gasteiger partial charge is 0.305 e. The van der Waals surface area contributed by atoms with Crippen molar-refractivity contribution in [2.24, 2.45) is 0 Å². The van der Waals surface area contributed by atoms with E-state index in [1.165, 1.54) is 308 Å². The number of ether oxygens (including phenoxy) is 1. The summed E-state index contributed by atoms with van der Waals surface area (Å²) in [7, 11) is 0. The van der Waals surface area contributed by atoms with E-state index in [-0.39, 0.29) is 18.5 Å². The lowest BCUT2D eigenvalue weighted by molar-refractivity contribution is -0.143. The molecule has 0 aromatic carbocycles. The van der Waals surface area contributed by atoms with Gasteiger partial charge in [0, 0.05) is 12.8 Å². The molecule has 6 nitrogen and oxygen atoms in total. The lowest BCUT2D eigenvalue weighted by atomic mass is 10.0. The maximum Gasteiger partial charge on any atom is 0.305 e. The highest BCUT2D eigenvalue weighted by Gasteiger charge is 2.18. The number of allylic oxidation sites excluding steroid dienone is 3. The lowest BCUT2D eigenvalue weighted by Crippen LogP contribution is -2.45. The summed E-state index contributed by atoms with van der Waals surface area (Å²) in [6.07, 6.45) is 79.7. The quantitative estimate of drug-likeness (QED) is 0.0320. The number of aliphatic hydroxyl groups is 2. The molecule has 1 amide bonds. The average Bonchev–Trinajstić information content (AvgIpc) is 3.40. The molecule has 2 atom stereocenters.